The molecule has 106 valence electrons. The number of ether oxygens (including phenoxy) is 1. The lowest BCUT2D eigenvalue weighted by Crippen LogP contribution is -2.19. The van der Waals surface area contributed by atoms with Gasteiger partial charge in [-0.05, 0) is 31.7 Å². The number of hydrogen-bond acceptors (Lipinski definition) is 4. The number of aromatic nitrogens is 2. The zero-order chi connectivity index (χ0) is 14.2. The van der Waals surface area contributed by atoms with E-state index in [9.17, 15) is 0 Å². The van der Waals surface area contributed by atoms with Crippen LogP contribution >= 0.6 is 0 Å². The van der Waals surface area contributed by atoms with Gasteiger partial charge in [0.2, 0.25) is 5.88 Å². The van der Waals surface area contributed by atoms with Gasteiger partial charge in [0.05, 0.1) is 6.61 Å². The van der Waals surface area contributed by atoms with Crippen LogP contribution in [0.25, 0.3) is 0 Å². The van der Waals surface area contributed by atoms with E-state index in [0.717, 1.165) is 24.2 Å². The maximum Gasteiger partial charge on any atom is 0.218 e. The van der Waals surface area contributed by atoms with Gasteiger partial charge in [0.15, 0.2) is 0 Å². The lowest BCUT2D eigenvalue weighted by atomic mass is 10.1. The molecule has 2 rings (SSSR count). The van der Waals surface area contributed by atoms with E-state index in [1.807, 2.05) is 24.3 Å². The van der Waals surface area contributed by atoms with Crippen molar-refractivity contribution in [1.29, 1.82) is 0 Å². The Hall–Kier alpha value is -1.94. The summed E-state index contributed by atoms with van der Waals surface area (Å²) >= 11 is 0. The van der Waals surface area contributed by atoms with Crippen molar-refractivity contribution in [2.45, 2.75) is 26.3 Å². The molecule has 0 fully saturated rings. The lowest BCUT2D eigenvalue weighted by Gasteiger charge is -2.16. The Morgan fingerprint density at radius 2 is 2.00 bits per heavy atom. The van der Waals surface area contributed by atoms with Gasteiger partial charge >= 0.3 is 0 Å². The summed E-state index contributed by atoms with van der Waals surface area (Å²) in [5.41, 5.74) is 2.13. The fourth-order valence-electron chi connectivity index (χ4n) is 2.07. The van der Waals surface area contributed by atoms with E-state index >= 15 is 0 Å². The van der Waals surface area contributed by atoms with Gasteiger partial charge in [-0.1, -0.05) is 19.1 Å². The molecule has 0 aliphatic carbocycles. The minimum atomic E-state index is 0.235. The molecule has 0 radical (unpaired) electrons. The molecule has 0 saturated carbocycles. The fraction of sp³-hybridized carbons (Fsp3) is 0.375. The van der Waals surface area contributed by atoms with Gasteiger partial charge < -0.3 is 10.1 Å². The van der Waals surface area contributed by atoms with Gasteiger partial charge in [0.1, 0.15) is 0 Å². The van der Waals surface area contributed by atoms with Crippen molar-refractivity contribution >= 4 is 0 Å². The van der Waals surface area contributed by atoms with Crippen molar-refractivity contribution in [2.24, 2.45) is 0 Å². The minimum absolute atomic E-state index is 0.235. The number of nitrogens with zero attached hydrogens (tertiary/aromatic N) is 2. The average Bonchev–Trinajstić information content (AvgIpc) is 2.49. The third-order valence-electron chi connectivity index (χ3n) is 3.10. The van der Waals surface area contributed by atoms with Crippen LogP contribution in [0.2, 0.25) is 0 Å². The SMILES string of the molecule is CCNC(C)c1cccnc1OCCc1ccccn1. The number of nitrogens with one attached hydrogen (secondary N) is 1. The molecule has 4 heteroatoms. The van der Waals surface area contributed by atoms with E-state index in [1.165, 1.54) is 0 Å². The summed E-state index contributed by atoms with van der Waals surface area (Å²) in [6.45, 7) is 5.71. The summed E-state index contributed by atoms with van der Waals surface area (Å²) in [5, 5.41) is 3.38. The second-order valence-corrected chi connectivity index (χ2v) is 4.60. The van der Waals surface area contributed by atoms with E-state index in [-0.39, 0.29) is 6.04 Å². The maximum atomic E-state index is 5.82. The van der Waals surface area contributed by atoms with Gasteiger partial charge in [0, 0.05) is 36.1 Å². The molecule has 1 atom stereocenters. The van der Waals surface area contributed by atoms with E-state index in [4.69, 9.17) is 4.74 Å². The van der Waals surface area contributed by atoms with Gasteiger partial charge in [0.25, 0.3) is 0 Å². The molecule has 0 aliphatic rings. The van der Waals surface area contributed by atoms with Crippen LogP contribution in [0.5, 0.6) is 5.88 Å². The summed E-state index contributed by atoms with van der Waals surface area (Å²) in [6.07, 6.45) is 4.35. The second kappa shape index (κ2) is 7.60. The Bertz CT molecular complexity index is 516. The average molecular weight is 271 g/mol. The Labute approximate surface area is 120 Å². The van der Waals surface area contributed by atoms with Crippen LogP contribution in [0.4, 0.5) is 0 Å². The summed E-state index contributed by atoms with van der Waals surface area (Å²) in [4.78, 5) is 8.61. The van der Waals surface area contributed by atoms with Crippen LogP contribution < -0.4 is 10.1 Å². The van der Waals surface area contributed by atoms with E-state index in [0.29, 0.717) is 12.5 Å². The summed E-state index contributed by atoms with van der Waals surface area (Å²) < 4.78 is 5.82. The Balaban J connectivity index is 1.95. The third-order valence-corrected chi connectivity index (χ3v) is 3.10. The van der Waals surface area contributed by atoms with Crippen LogP contribution in [0.3, 0.4) is 0 Å². The molecule has 1 unspecified atom stereocenters. The zero-order valence-electron chi connectivity index (χ0n) is 12.0. The molecular formula is C16H21N3O. The monoisotopic (exact) mass is 271 g/mol. The molecule has 2 aromatic heterocycles. The van der Waals surface area contributed by atoms with Crippen molar-refractivity contribution in [3.63, 3.8) is 0 Å². The molecule has 0 bridgehead atoms. The maximum absolute atomic E-state index is 5.82. The van der Waals surface area contributed by atoms with E-state index in [2.05, 4.69) is 35.2 Å². The zero-order valence-corrected chi connectivity index (χ0v) is 12.0. The number of hydrogen-bond donors (Lipinski definition) is 1. The van der Waals surface area contributed by atoms with E-state index < -0.39 is 0 Å². The number of rotatable bonds is 7. The fourth-order valence-corrected chi connectivity index (χ4v) is 2.07. The Kier molecular flexibility index (Phi) is 5.50. The van der Waals surface area contributed by atoms with Crippen molar-refractivity contribution in [3.05, 3.63) is 54.0 Å². The molecule has 1 N–H and O–H groups in total. The van der Waals surface area contributed by atoms with Crippen LogP contribution in [-0.2, 0) is 6.42 Å². The van der Waals surface area contributed by atoms with Crippen LogP contribution in [0.1, 0.15) is 31.1 Å². The molecule has 2 aromatic rings. The predicted octanol–water partition coefficient (Wildman–Crippen LogP) is 2.77. The first-order valence-electron chi connectivity index (χ1n) is 7.02. The largest absolute Gasteiger partial charge is 0.477 e. The highest BCUT2D eigenvalue weighted by Gasteiger charge is 2.11. The van der Waals surface area contributed by atoms with E-state index in [1.54, 1.807) is 12.4 Å². The van der Waals surface area contributed by atoms with Crippen LogP contribution in [0, 0.1) is 0 Å². The normalized spacial score (nSPS) is 12.1. The molecule has 0 spiro atoms. The highest BCUT2D eigenvalue weighted by Crippen LogP contribution is 2.22. The Morgan fingerprint density at radius 3 is 2.75 bits per heavy atom. The summed E-state index contributed by atoms with van der Waals surface area (Å²) in [5.74, 6) is 0.705. The van der Waals surface area contributed by atoms with Gasteiger partial charge in [-0.15, -0.1) is 0 Å². The third kappa shape index (κ3) is 4.03. The molecule has 0 saturated heterocycles. The topological polar surface area (TPSA) is 47.0 Å². The highest BCUT2D eigenvalue weighted by molar-refractivity contribution is 5.28. The molecule has 0 aliphatic heterocycles. The summed E-state index contributed by atoms with van der Waals surface area (Å²) in [7, 11) is 0. The van der Waals surface area contributed by atoms with Crippen LogP contribution in [-0.4, -0.2) is 23.1 Å². The first kappa shape index (κ1) is 14.5. The van der Waals surface area contributed by atoms with Crippen molar-refractivity contribution in [1.82, 2.24) is 15.3 Å². The molecule has 4 nitrogen and oxygen atoms in total. The van der Waals surface area contributed by atoms with Gasteiger partial charge in [-0.25, -0.2) is 4.98 Å². The molecule has 0 aromatic carbocycles. The molecular weight excluding hydrogens is 250 g/mol. The molecule has 20 heavy (non-hydrogen) atoms. The second-order valence-electron chi connectivity index (χ2n) is 4.60. The molecule has 0 amide bonds. The smallest absolute Gasteiger partial charge is 0.218 e. The van der Waals surface area contributed by atoms with Gasteiger partial charge in [-0.2, -0.15) is 0 Å². The van der Waals surface area contributed by atoms with Crippen LogP contribution in [0.15, 0.2) is 42.7 Å². The highest BCUT2D eigenvalue weighted by atomic mass is 16.5. The first-order chi connectivity index (χ1) is 9.81. The lowest BCUT2D eigenvalue weighted by molar-refractivity contribution is 0.301. The summed E-state index contributed by atoms with van der Waals surface area (Å²) in [6, 6.07) is 10.1. The number of pyridine rings is 2. The quantitative estimate of drug-likeness (QED) is 0.841. The standard InChI is InChI=1S/C16H21N3O/c1-3-17-13(2)15-8-6-11-19-16(15)20-12-9-14-7-4-5-10-18-14/h4-8,10-11,13,17H,3,9,12H2,1-2H3. The molecule has 2 heterocycles. The van der Waals surface area contributed by atoms with Crippen molar-refractivity contribution in [2.75, 3.05) is 13.2 Å². The minimum Gasteiger partial charge on any atom is -0.477 e. The Morgan fingerprint density at radius 1 is 1.15 bits per heavy atom. The predicted molar refractivity (Wildman–Crippen MR) is 79.8 cm³/mol. The first-order valence-corrected chi connectivity index (χ1v) is 7.02. The van der Waals surface area contributed by atoms with Gasteiger partial charge in [-0.3, -0.25) is 4.98 Å². The van der Waals surface area contributed by atoms with Crippen molar-refractivity contribution in [3.8, 4) is 5.88 Å². The van der Waals surface area contributed by atoms with Crippen molar-refractivity contribution < 1.29 is 4.74 Å².